The number of nitrogens with one attached hydrogen (secondary N) is 2. The maximum absolute atomic E-state index is 11.7. The highest BCUT2D eigenvalue weighted by Gasteiger charge is 2.18. The second kappa shape index (κ2) is 7.52. The fraction of sp³-hybridized carbons (Fsp3) is 0.250. The third-order valence-corrected chi connectivity index (χ3v) is 2.80. The van der Waals surface area contributed by atoms with E-state index in [4.69, 9.17) is 0 Å². The van der Waals surface area contributed by atoms with Gasteiger partial charge in [-0.2, -0.15) is 0 Å². The molecule has 19 heavy (non-hydrogen) atoms. The van der Waals surface area contributed by atoms with Gasteiger partial charge in [0, 0.05) is 5.56 Å². The first kappa shape index (κ1) is 15.2. The minimum absolute atomic E-state index is 0.251. The molecule has 2 N–H and O–H groups in total. The Morgan fingerprint density at radius 1 is 1.26 bits per heavy atom. The number of amides is 2. The number of hydrogen-bond acceptors (Lipinski definition) is 4. The quantitative estimate of drug-likeness (QED) is 0.466. The summed E-state index contributed by atoms with van der Waals surface area (Å²) >= 11 is 3.02. The number of ether oxygens (including phenoxy) is 1. The fourth-order valence-electron chi connectivity index (χ4n) is 1.17. The second-order valence-corrected chi connectivity index (χ2v) is 4.41. The zero-order valence-corrected chi connectivity index (χ0v) is 11.8. The van der Waals surface area contributed by atoms with Crippen LogP contribution >= 0.6 is 15.9 Å². The molecule has 0 heterocycles. The Morgan fingerprint density at radius 3 is 2.47 bits per heavy atom. The van der Waals surface area contributed by atoms with Gasteiger partial charge in [-0.1, -0.05) is 34.1 Å². The maximum Gasteiger partial charge on any atom is 0.325 e. The molecular formula is C12H13BrN2O4. The molecule has 0 saturated carbocycles. The molecule has 0 spiro atoms. The Morgan fingerprint density at radius 2 is 1.89 bits per heavy atom. The number of carbonyl (C=O) groups is 3. The molecule has 0 fully saturated rings. The molecule has 0 aromatic heterocycles. The van der Waals surface area contributed by atoms with Gasteiger partial charge in [0.15, 0.2) is 4.95 Å². The standard InChI is InChI=1S/C12H13BrN2O4/c1-19-9(16)7-14-12(18)10(13)15-11(17)8-5-3-2-4-6-8/h2-6,10H,7H2,1H3,(H,14,18)(H,15,17). The van der Waals surface area contributed by atoms with Crippen LogP contribution in [0.1, 0.15) is 10.4 Å². The van der Waals surface area contributed by atoms with Crippen molar-refractivity contribution in [1.29, 1.82) is 0 Å². The van der Waals surface area contributed by atoms with E-state index in [9.17, 15) is 14.4 Å². The molecular weight excluding hydrogens is 316 g/mol. The highest BCUT2D eigenvalue weighted by Crippen LogP contribution is 2.01. The average molecular weight is 329 g/mol. The zero-order chi connectivity index (χ0) is 14.3. The van der Waals surface area contributed by atoms with E-state index in [2.05, 4.69) is 31.3 Å². The number of halogens is 1. The summed E-state index contributed by atoms with van der Waals surface area (Å²) in [7, 11) is 1.22. The minimum atomic E-state index is -0.926. The van der Waals surface area contributed by atoms with E-state index >= 15 is 0 Å². The van der Waals surface area contributed by atoms with Crippen LogP contribution in [0.4, 0.5) is 0 Å². The van der Waals surface area contributed by atoms with Crippen molar-refractivity contribution < 1.29 is 19.1 Å². The molecule has 1 unspecified atom stereocenters. The van der Waals surface area contributed by atoms with Crippen LogP contribution in [-0.2, 0) is 14.3 Å². The van der Waals surface area contributed by atoms with E-state index in [1.54, 1.807) is 30.3 Å². The molecule has 0 aliphatic heterocycles. The molecule has 7 heteroatoms. The molecule has 0 saturated heterocycles. The topological polar surface area (TPSA) is 84.5 Å². The Labute approximate surface area is 118 Å². The molecule has 0 radical (unpaired) electrons. The van der Waals surface area contributed by atoms with E-state index < -0.39 is 22.7 Å². The van der Waals surface area contributed by atoms with Crippen molar-refractivity contribution in [2.24, 2.45) is 0 Å². The van der Waals surface area contributed by atoms with Gasteiger partial charge in [0.2, 0.25) is 0 Å². The van der Waals surface area contributed by atoms with Crippen LogP contribution in [-0.4, -0.2) is 36.4 Å². The first-order valence-corrected chi connectivity index (χ1v) is 6.30. The monoisotopic (exact) mass is 328 g/mol. The molecule has 1 atom stereocenters. The number of methoxy groups -OCH3 is 1. The summed E-state index contributed by atoms with van der Waals surface area (Å²) in [6.07, 6.45) is 0. The van der Waals surface area contributed by atoms with Gasteiger partial charge in [-0.05, 0) is 12.1 Å². The van der Waals surface area contributed by atoms with Crippen LogP contribution in [0.5, 0.6) is 0 Å². The predicted molar refractivity (Wildman–Crippen MR) is 71.6 cm³/mol. The van der Waals surface area contributed by atoms with Gasteiger partial charge in [-0.15, -0.1) is 0 Å². The van der Waals surface area contributed by atoms with Crippen LogP contribution in [0.2, 0.25) is 0 Å². The Hall–Kier alpha value is -1.89. The van der Waals surface area contributed by atoms with Gasteiger partial charge in [-0.25, -0.2) is 0 Å². The number of carbonyl (C=O) groups excluding carboxylic acids is 3. The summed E-state index contributed by atoms with van der Waals surface area (Å²) in [5.74, 6) is -1.49. The number of alkyl halides is 1. The number of benzene rings is 1. The largest absolute Gasteiger partial charge is 0.468 e. The summed E-state index contributed by atoms with van der Waals surface area (Å²) in [5.41, 5.74) is 0.438. The van der Waals surface area contributed by atoms with Crippen LogP contribution < -0.4 is 10.6 Å². The van der Waals surface area contributed by atoms with Gasteiger partial charge in [0.05, 0.1) is 7.11 Å². The highest BCUT2D eigenvalue weighted by atomic mass is 79.9. The number of hydrogen-bond donors (Lipinski definition) is 2. The average Bonchev–Trinajstić information content (AvgIpc) is 2.44. The molecule has 1 aromatic rings. The van der Waals surface area contributed by atoms with Crippen molar-refractivity contribution in [3.05, 3.63) is 35.9 Å². The lowest BCUT2D eigenvalue weighted by Crippen LogP contribution is -2.44. The van der Waals surface area contributed by atoms with Crippen LogP contribution in [0.25, 0.3) is 0 Å². The predicted octanol–water partition coefficient (Wildman–Crippen LogP) is 0.427. The van der Waals surface area contributed by atoms with Crippen molar-refractivity contribution in [1.82, 2.24) is 10.6 Å². The summed E-state index contributed by atoms with van der Waals surface area (Å²) in [6, 6.07) is 8.47. The minimum Gasteiger partial charge on any atom is -0.468 e. The lowest BCUT2D eigenvalue weighted by Gasteiger charge is -2.12. The van der Waals surface area contributed by atoms with Gasteiger partial charge in [0.25, 0.3) is 11.8 Å². The van der Waals surface area contributed by atoms with Gasteiger partial charge in [0.1, 0.15) is 6.54 Å². The zero-order valence-electron chi connectivity index (χ0n) is 10.2. The summed E-state index contributed by atoms with van der Waals surface area (Å²) in [5, 5.41) is 4.77. The smallest absolute Gasteiger partial charge is 0.325 e. The van der Waals surface area contributed by atoms with E-state index in [0.29, 0.717) is 5.56 Å². The Bertz CT molecular complexity index is 464. The number of esters is 1. The van der Waals surface area contributed by atoms with Crippen LogP contribution in [0.15, 0.2) is 30.3 Å². The normalized spacial score (nSPS) is 11.3. The van der Waals surface area contributed by atoms with Crippen LogP contribution in [0.3, 0.4) is 0 Å². The van der Waals surface area contributed by atoms with Crippen molar-refractivity contribution in [3.63, 3.8) is 0 Å². The van der Waals surface area contributed by atoms with Gasteiger partial charge in [-0.3, -0.25) is 14.4 Å². The Balaban J connectivity index is 2.46. The SMILES string of the molecule is COC(=O)CNC(=O)C(Br)NC(=O)c1ccccc1. The lowest BCUT2D eigenvalue weighted by atomic mass is 10.2. The Kier molecular flexibility index (Phi) is 6.01. The summed E-state index contributed by atoms with van der Waals surface area (Å²) < 4.78 is 4.37. The molecule has 0 aliphatic carbocycles. The molecule has 0 aliphatic rings. The van der Waals surface area contributed by atoms with Crippen molar-refractivity contribution in [2.45, 2.75) is 4.95 Å². The first-order valence-electron chi connectivity index (χ1n) is 5.39. The van der Waals surface area contributed by atoms with Crippen LogP contribution in [0, 0.1) is 0 Å². The van der Waals surface area contributed by atoms with Gasteiger partial charge < -0.3 is 15.4 Å². The van der Waals surface area contributed by atoms with Crippen molar-refractivity contribution in [3.8, 4) is 0 Å². The molecule has 1 rings (SSSR count). The third kappa shape index (κ3) is 5.09. The van der Waals surface area contributed by atoms with E-state index in [0.717, 1.165) is 0 Å². The molecule has 2 amide bonds. The summed E-state index contributed by atoms with van der Waals surface area (Å²) in [4.78, 5) is 33.2. The van der Waals surface area contributed by atoms with E-state index in [-0.39, 0.29) is 6.54 Å². The second-order valence-electron chi connectivity index (χ2n) is 3.50. The maximum atomic E-state index is 11.7. The van der Waals surface area contributed by atoms with Crippen molar-refractivity contribution in [2.75, 3.05) is 13.7 Å². The van der Waals surface area contributed by atoms with E-state index in [1.807, 2.05) is 0 Å². The molecule has 1 aromatic carbocycles. The summed E-state index contributed by atoms with van der Waals surface area (Å²) in [6.45, 7) is -0.251. The highest BCUT2D eigenvalue weighted by molar-refractivity contribution is 9.10. The number of rotatable bonds is 5. The van der Waals surface area contributed by atoms with E-state index in [1.165, 1.54) is 7.11 Å². The fourth-order valence-corrected chi connectivity index (χ4v) is 1.54. The first-order chi connectivity index (χ1) is 9.04. The molecule has 0 bridgehead atoms. The third-order valence-electron chi connectivity index (χ3n) is 2.16. The molecule has 102 valence electrons. The van der Waals surface area contributed by atoms with Crippen molar-refractivity contribution >= 4 is 33.7 Å². The molecule has 6 nitrogen and oxygen atoms in total. The van der Waals surface area contributed by atoms with Gasteiger partial charge >= 0.3 is 5.97 Å². The lowest BCUT2D eigenvalue weighted by molar-refractivity contribution is -0.141.